The molecule has 19 heavy (non-hydrogen) atoms. The van der Waals surface area contributed by atoms with E-state index in [1.165, 1.54) is 0 Å². The van der Waals surface area contributed by atoms with Crippen LogP contribution in [0.2, 0.25) is 0 Å². The van der Waals surface area contributed by atoms with Gasteiger partial charge >= 0.3 is 0 Å². The van der Waals surface area contributed by atoms with Gasteiger partial charge in [-0.25, -0.2) is 0 Å². The third kappa shape index (κ3) is 5.21. The molecular weight excluding hydrogens is 260 g/mol. The molecule has 1 amide bonds. The summed E-state index contributed by atoms with van der Waals surface area (Å²) in [5.41, 5.74) is 0.830. The highest BCUT2D eigenvalue weighted by Crippen LogP contribution is 2.20. The van der Waals surface area contributed by atoms with E-state index >= 15 is 0 Å². The van der Waals surface area contributed by atoms with Crippen molar-refractivity contribution in [1.82, 2.24) is 10.2 Å². The monoisotopic (exact) mass is 282 g/mol. The number of hydrogen-bond acceptors (Lipinski definition) is 2. The van der Waals surface area contributed by atoms with Crippen LogP contribution >= 0.6 is 11.6 Å². The first-order valence-corrected chi connectivity index (χ1v) is 7.23. The van der Waals surface area contributed by atoms with Crippen LogP contribution in [0, 0.1) is 0 Å². The molecule has 3 nitrogen and oxygen atoms in total. The lowest BCUT2D eigenvalue weighted by Gasteiger charge is -2.24. The first kappa shape index (κ1) is 16.0. The number of likely N-dealkylation sites (N-methyl/N-ethyl adjacent to an activating group) is 1. The normalized spacial score (nSPS) is 14.2. The second-order valence-electron chi connectivity index (χ2n) is 4.67. The van der Waals surface area contributed by atoms with Crippen LogP contribution in [0.4, 0.5) is 0 Å². The minimum Gasteiger partial charge on any atom is -0.351 e. The van der Waals surface area contributed by atoms with E-state index in [1.807, 2.05) is 37.3 Å². The summed E-state index contributed by atoms with van der Waals surface area (Å²) in [5.74, 6) is -0.132. The third-order valence-corrected chi connectivity index (χ3v) is 3.59. The van der Waals surface area contributed by atoms with Crippen molar-refractivity contribution in [3.8, 4) is 0 Å². The molecule has 0 bridgehead atoms. The fourth-order valence-corrected chi connectivity index (χ4v) is 2.21. The maximum atomic E-state index is 12.1. The number of nitrogens with zero attached hydrogens (tertiary/aromatic N) is 1. The van der Waals surface area contributed by atoms with Crippen LogP contribution in [0.1, 0.15) is 31.7 Å². The molecule has 1 rings (SSSR count). The topological polar surface area (TPSA) is 32.3 Å². The van der Waals surface area contributed by atoms with Crippen molar-refractivity contribution < 1.29 is 4.79 Å². The first-order valence-electron chi connectivity index (χ1n) is 6.80. The molecule has 0 radical (unpaired) electrons. The molecule has 0 fully saturated rings. The Hall–Kier alpha value is -1.06. The molecule has 0 aliphatic heterocycles. The van der Waals surface area contributed by atoms with Crippen LogP contribution < -0.4 is 5.32 Å². The molecule has 4 heteroatoms. The van der Waals surface area contributed by atoms with Gasteiger partial charge in [-0.3, -0.25) is 4.79 Å². The Labute approximate surface area is 120 Å². The number of carbonyl (C=O) groups is 1. The van der Waals surface area contributed by atoms with Crippen LogP contribution in [-0.4, -0.2) is 36.5 Å². The van der Waals surface area contributed by atoms with Gasteiger partial charge in [-0.15, -0.1) is 11.6 Å². The number of benzene rings is 1. The summed E-state index contributed by atoms with van der Waals surface area (Å²) in [5, 5.41) is 2.34. The highest BCUT2D eigenvalue weighted by Gasteiger charge is 2.19. The Kier molecular flexibility index (Phi) is 6.89. The summed E-state index contributed by atoms with van der Waals surface area (Å²) in [6.45, 7) is 9.06. The lowest BCUT2D eigenvalue weighted by molar-refractivity contribution is -0.121. The van der Waals surface area contributed by atoms with E-state index in [0.717, 1.165) is 25.2 Å². The molecule has 2 atom stereocenters. The van der Waals surface area contributed by atoms with Gasteiger partial charge in [-0.2, -0.15) is 0 Å². The van der Waals surface area contributed by atoms with Crippen molar-refractivity contribution >= 4 is 17.5 Å². The second kappa shape index (κ2) is 8.18. The molecule has 0 aliphatic rings. The van der Waals surface area contributed by atoms with Gasteiger partial charge in [0.15, 0.2) is 0 Å². The van der Waals surface area contributed by atoms with Crippen molar-refractivity contribution in [3.63, 3.8) is 0 Å². The fraction of sp³-hybridized carbons (Fsp3) is 0.533. The Morgan fingerprint density at radius 3 is 2.37 bits per heavy atom. The average molecular weight is 283 g/mol. The lowest BCUT2D eigenvalue weighted by Crippen LogP contribution is -2.43. The smallest absolute Gasteiger partial charge is 0.242 e. The average Bonchev–Trinajstić information content (AvgIpc) is 2.44. The molecule has 0 aromatic heterocycles. The number of rotatable bonds is 7. The highest BCUT2D eigenvalue weighted by molar-refractivity contribution is 6.30. The zero-order chi connectivity index (χ0) is 14.3. The van der Waals surface area contributed by atoms with Crippen LogP contribution in [0.15, 0.2) is 30.3 Å². The van der Waals surface area contributed by atoms with Gasteiger partial charge in [0.2, 0.25) is 5.91 Å². The quantitative estimate of drug-likeness (QED) is 0.780. The molecule has 0 heterocycles. The molecule has 0 saturated heterocycles. The maximum absolute atomic E-state index is 12.1. The van der Waals surface area contributed by atoms with Crippen LogP contribution in [0.5, 0.6) is 0 Å². The highest BCUT2D eigenvalue weighted by atomic mass is 35.5. The Bertz CT molecular complexity index is 379. The van der Waals surface area contributed by atoms with Crippen molar-refractivity contribution in [2.24, 2.45) is 0 Å². The zero-order valence-electron chi connectivity index (χ0n) is 11.9. The number of nitrogens with one attached hydrogen (secondary N) is 1. The summed E-state index contributed by atoms with van der Waals surface area (Å²) in [4.78, 5) is 14.3. The molecule has 0 saturated carbocycles. The van der Waals surface area contributed by atoms with E-state index in [9.17, 15) is 4.79 Å². The largest absolute Gasteiger partial charge is 0.351 e. The molecule has 1 aromatic rings. The second-order valence-corrected chi connectivity index (χ2v) is 5.11. The number of alkyl halides is 1. The third-order valence-electron chi connectivity index (χ3n) is 3.14. The first-order chi connectivity index (χ1) is 9.08. The van der Waals surface area contributed by atoms with Crippen LogP contribution in [0.3, 0.4) is 0 Å². The van der Waals surface area contributed by atoms with Gasteiger partial charge in [0.05, 0.1) is 0 Å². The standard InChI is InChI=1S/C15H23ClN2O/c1-4-18(5-2)11-12(3)17-15(19)14(16)13-9-7-6-8-10-13/h6-10,12,14H,4-5,11H2,1-3H3,(H,17,19). The lowest BCUT2D eigenvalue weighted by atomic mass is 10.1. The molecule has 1 N–H and O–H groups in total. The van der Waals surface area contributed by atoms with Crippen molar-refractivity contribution in [1.29, 1.82) is 0 Å². The summed E-state index contributed by atoms with van der Waals surface area (Å²) in [6, 6.07) is 9.51. The Balaban J connectivity index is 2.50. The molecule has 0 spiro atoms. The Morgan fingerprint density at radius 2 is 1.84 bits per heavy atom. The number of halogens is 1. The minimum atomic E-state index is -0.625. The van der Waals surface area contributed by atoms with Crippen LogP contribution in [-0.2, 0) is 4.79 Å². The van der Waals surface area contributed by atoms with Crippen molar-refractivity contribution in [2.45, 2.75) is 32.2 Å². The van der Waals surface area contributed by atoms with Gasteiger partial charge in [-0.1, -0.05) is 44.2 Å². The summed E-state index contributed by atoms with van der Waals surface area (Å²) in [7, 11) is 0. The van der Waals surface area contributed by atoms with Gasteiger partial charge in [0, 0.05) is 12.6 Å². The zero-order valence-corrected chi connectivity index (χ0v) is 12.7. The summed E-state index contributed by atoms with van der Waals surface area (Å²) in [6.07, 6.45) is 0. The van der Waals surface area contributed by atoms with E-state index in [-0.39, 0.29) is 11.9 Å². The Morgan fingerprint density at radius 1 is 1.26 bits per heavy atom. The van der Waals surface area contributed by atoms with E-state index in [2.05, 4.69) is 24.1 Å². The van der Waals surface area contributed by atoms with E-state index in [0.29, 0.717) is 0 Å². The predicted octanol–water partition coefficient (Wildman–Crippen LogP) is 2.81. The van der Waals surface area contributed by atoms with Gasteiger partial charge < -0.3 is 10.2 Å². The summed E-state index contributed by atoms with van der Waals surface area (Å²) >= 11 is 6.18. The molecule has 1 aromatic carbocycles. The van der Waals surface area contributed by atoms with Gasteiger partial charge in [-0.05, 0) is 25.6 Å². The van der Waals surface area contributed by atoms with Crippen molar-refractivity contribution in [2.75, 3.05) is 19.6 Å². The van der Waals surface area contributed by atoms with E-state index in [1.54, 1.807) is 0 Å². The maximum Gasteiger partial charge on any atom is 0.242 e. The SMILES string of the molecule is CCN(CC)CC(C)NC(=O)C(Cl)c1ccccc1. The van der Waals surface area contributed by atoms with E-state index in [4.69, 9.17) is 11.6 Å². The van der Waals surface area contributed by atoms with Gasteiger partial charge in [0.1, 0.15) is 5.38 Å². The number of hydrogen-bond donors (Lipinski definition) is 1. The van der Waals surface area contributed by atoms with Crippen molar-refractivity contribution in [3.05, 3.63) is 35.9 Å². The number of amides is 1. The molecule has 0 aliphatic carbocycles. The predicted molar refractivity (Wildman–Crippen MR) is 80.4 cm³/mol. The summed E-state index contributed by atoms with van der Waals surface area (Å²) < 4.78 is 0. The number of carbonyl (C=O) groups excluding carboxylic acids is 1. The molecule has 2 unspecified atom stereocenters. The minimum absolute atomic E-state index is 0.0948. The fourth-order valence-electron chi connectivity index (χ4n) is 2.00. The van der Waals surface area contributed by atoms with Gasteiger partial charge in [0.25, 0.3) is 0 Å². The molecule has 106 valence electrons. The molecular formula is C15H23ClN2O. The van der Waals surface area contributed by atoms with Crippen LogP contribution in [0.25, 0.3) is 0 Å². The van der Waals surface area contributed by atoms with E-state index < -0.39 is 5.38 Å².